The molecular formula is C21H23NO4S. The maximum atomic E-state index is 12.5. The van der Waals surface area contributed by atoms with Gasteiger partial charge in [-0.1, -0.05) is 42.5 Å². The number of aliphatic hydroxyl groups excluding tert-OH is 1. The number of aliphatic hydroxyl groups is 1. The van der Waals surface area contributed by atoms with Crippen LogP contribution in [-0.2, 0) is 10.0 Å². The molecule has 2 N–H and O–H groups in total. The summed E-state index contributed by atoms with van der Waals surface area (Å²) in [6, 6.07) is 18.4. The van der Waals surface area contributed by atoms with Crippen molar-refractivity contribution in [2.24, 2.45) is 0 Å². The molecule has 0 radical (unpaired) electrons. The third-order valence-corrected chi connectivity index (χ3v) is 6.19. The maximum absolute atomic E-state index is 12.5. The Morgan fingerprint density at radius 1 is 1.07 bits per heavy atom. The largest absolute Gasteiger partial charge is 0.497 e. The molecule has 0 aliphatic rings. The zero-order valence-corrected chi connectivity index (χ0v) is 16.2. The Morgan fingerprint density at radius 3 is 2.56 bits per heavy atom. The number of methoxy groups -OCH3 is 1. The van der Waals surface area contributed by atoms with E-state index in [1.807, 2.05) is 42.5 Å². The van der Waals surface area contributed by atoms with Crippen molar-refractivity contribution in [2.75, 3.05) is 13.7 Å². The molecule has 0 amide bonds. The highest BCUT2D eigenvalue weighted by Gasteiger charge is 2.18. The van der Waals surface area contributed by atoms with Gasteiger partial charge in [-0.05, 0) is 53.4 Å². The highest BCUT2D eigenvalue weighted by atomic mass is 32.2. The summed E-state index contributed by atoms with van der Waals surface area (Å²) in [4.78, 5) is 0.211. The minimum Gasteiger partial charge on any atom is -0.497 e. The maximum Gasteiger partial charge on any atom is 0.240 e. The first kappa shape index (κ1) is 19.4. The topological polar surface area (TPSA) is 75.6 Å². The van der Waals surface area contributed by atoms with Crippen molar-refractivity contribution in [3.8, 4) is 5.75 Å². The number of benzene rings is 3. The van der Waals surface area contributed by atoms with E-state index < -0.39 is 16.1 Å². The van der Waals surface area contributed by atoms with Gasteiger partial charge in [0, 0.05) is 6.54 Å². The van der Waals surface area contributed by atoms with Crippen LogP contribution in [0.25, 0.3) is 10.8 Å². The number of ether oxygens (including phenoxy) is 1. The van der Waals surface area contributed by atoms with Gasteiger partial charge in [0.1, 0.15) is 5.75 Å². The third kappa shape index (κ3) is 4.30. The van der Waals surface area contributed by atoms with Crippen LogP contribution in [0.1, 0.15) is 23.7 Å². The summed E-state index contributed by atoms with van der Waals surface area (Å²) in [6.07, 6.45) is -0.474. The number of aryl methyl sites for hydroxylation is 1. The first-order valence-electron chi connectivity index (χ1n) is 8.72. The van der Waals surface area contributed by atoms with Gasteiger partial charge in [-0.2, -0.15) is 0 Å². The lowest BCUT2D eigenvalue weighted by molar-refractivity contribution is 0.170. The zero-order chi connectivity index (χ0) is 19.4. The number of hydrogen-bond donors (Lipinski definition) is 2. The summed E-state index contributed by atoms with van der Waals surface area (Å²) in [5, 5.41) is 12.6. The van der Waals surface area contributed by atoms with Crippen molar-refractivity contribution in [2.45, 2.75) is 24.3 Å². The van der Waals surface area contributed by atoms with Gasteiger partial charge in [-0.25, -0.2) is 13.1 Å². The molecule has 0 heterocycles. The predicted molar refractivity (Wildman–Crippen MR) is 106 cm³/mol. The molecule has 0 aromatic heterocycles. The first-order valence-corrected chi connectivity index (χ1v) is 10.2. The number of rotatable bonds is 7. The summed E-state index contributed by atoms with van der Waals surface area (Å²) in [6.45, 7) is 1.86. The van der Waals surface area contributed by atoms with Crippen molar-refractivity contribution in [3.63, 3.8) is 0 Å². The highest BCUT2D eigenvalue weighted by molar-refractivity contribution is 7.89. The standard InChI is InChI=1S/C21H23NO4S/c1-15-14-17(26-2)10-11-21(15)27(24,25)22-13-12-20(23)19-9-5-7-16-6-3-4-8-18(16)19/h3-11,14,20,22-23H,12-13H2,1-2H3. The van der Waals surface area contributed by atoms with Crippen LogP contribution in [0.2, 0.25) is 0 Å². The van der Waals surface area contributed by atoms with Crippen LogP contribution in [0.15, 0.2) is 65.6 Å². The predicted octanol–water partition coefficient (Wildman–Crippen LogP) is 3.56. The molecule has 142 valence electrons. The van der Waals surface area contributed by atoms with Crippen molar-refractivity contribution >= 4 is 20.8 Å². The lowest BCUT2D eigenvalue weighted by Crippen LogP contribution is -2.26. The molecule has 3 rings (SSSR count). The molecule has 1 unspecified atom stereocenters. The monoisotopic (exact) mass is 385 g/mol. The molecule has 5 nitrogen and oxygen atoms in total. The number of fused-ring (bicyclic) bond motifs is 1. The second-order valence-corrected chi connectivity index (χ2v) is 8.14. The van der Waals surface area contributed by atoms with Crippen molar-refractivity contribution < 1.29 is 18.3 Å². The third-order valence-electron chi connectivity index (χ3n) is 4.56. The summed E-state index contributed by atoms with van der Waals surface area (Å²) in [7, 11) is -2.12. The second kappa shape index (κ2) is 8.08. The van der Waals surface area contributed by atoms with E-state index in [2.05, 4.69) is 4.72 Å². The van der Waals surface area contributed by atoms with Crippen molar-refractivity contribution in [3.05, 3.63) is 71.8 Å². The van der Waals surface area contributed by atoms with Crippen LogP contribution in [0.3, 0.4) is 0 Å². The molecule has 0 fully saturated rings. The molecule has 0 spiro atoms. The molecule has 0 saturated heterocycles. The van der Waals surface area contributed by atoms with E-state index in [0.29, 0.717) is 11.3 Å². The van der Waals surface area contributed by atoms with Gasteiger partial charge in [0.15, 0.2) is 0 Å². The SMILES string of the molecule is COc1ccc(S(=O)(=O)NCCC(O)c2cccc3ccccc23)c(C)c1. The fourth-order valence-electron chi connectivity index (χ4n) is 3.15. The van der Waals surface area contributed by atoms with Crippen LogP contribution < -0.4 is 9.46 Å². The van der Waals surface area contributed by atoms with Gasteiger partial charge in [0.25, 0.3) is 0 Å². The molecule has 0 bridgehead atoms. The first-order chi connectivity index (χ1) is 12.9. The molecule has 3 aromatic carbocycles. The van der Waals surface area contributed by atoms with E-state index in [1.54, 1.807) is 19.1 Å². The Morgan fingerprint density at radius 2 is 1.81 bits per heavy atom. The minimum absolute atomic E-state index is 0.137. The second-order valence-electron chi connectivity index (χ2n) is 6.40. The Hall–Kier alpha value is -2.41. The average Bonchev–Trinajstić information content (AvgIpc) is 2.66. The summed E-state index contributed by atoms with van der Waals surface area (Å²) < 4.78 is 32.8. The Bertz CT molecular complexity index is 1040. The molecule has 6 heteroatoms. The molecule has 27 heavy (non-hydrogen) atoms. The molecule has 0 saturated carbocycles. The van der Waals surface area contributed by atoms with Gasteiger partial charge in [-0.15, -0.1) is 0 Å². The Kier molecular flexibility index (Phi) is 5.79. The van der Waals surface area contributed by atoms with E-state index in [4.69, 9.17) is 4.74 Å². The fourth-order valence-corrected chi connectivity index (χ4v) is 4.43. The summed E-state index contributed by atoms with van der Waals surface area (Å²) >= 11 is 0. The Balaban J connectivity index is 1.70. The number of hydrogen-bond acceptors (Lipinski definition) is 4. The minimum atomic E-state index is -3.65. The Labute approximate surface area is 159 Å². The molecule has 1 atom stereocenters. The molecular weight excluding hydrogens is 362 g/mol. The average molecular weight is 385 g/mol. The van der Waals surface area contributed by atoms with Crippen LogP contribution in [0.4, 0.5) is 0 Å². The zero-order valence-electron chi connectivity index (χ0n) is 15.3. The van der Waals surface area contributed by atoms with Gasteiger partial charge in [0.2, 0.25) is 10.0 Å². The fraction of sp³-hybridized carbons (Fsp3) is 0.238. The lowest BCUT2D eigenvalue weighted by Gasteiger charge is -2.15. The van der Waals surface area contributed by atoms with Gasteiger partial charge in [-0.3, -0.25) is 0 Å². The molecule has 0 aliphatic heterocycles. The normalized spacial score (nSPS) is 12.9. The quantitative estimate of drug-likeness (QED) is 0.652. The van der Waals surface area contributed by atoms with Gasteiger partial charge < -0.3 is 9.84 Å². The van der Waals surface area contributed by atoms with E-state index in [-0.39, 0.29) is 17.9 Å². The van der Waals surface area contributed by atoms with Crippen LogP contribution in [0.5, 0.6) is 5.75 Å². The lowest BCUT2D eigenvalue weighted by atomic mass is 9.99. The number of sulfonamides is 1. The van der Waals surface area contributed by atoms with Gasteiger partial charge >= 0.3 is 0 Å². The van der Waals surface area contributed by atoms with E-state index in [9.17, 15) is 13.5 Å². The smallest absolute Gasteiger partial charge is 0.240 e. The van der Waals surface area contributed by atoms with E-state index in [1.165, 1.54) is 13.2 Å². The summed E-state index contributed by atoms with van der Waals surface area (Å²) in [5.74, 6) is 0.609. The van der Waals surface area contributed by atoms with Crippen LogP contribution in [0, 0.1) is 6.92 Å². The highest BCUT2D eigenvalue weighted by Crippen LogP contribution is 2.26. The number of nitrogens with one attached hydrogen (secondary N) is 1. The van der Waals surface area contributed by atoms with Crippen molar-refractivity contribution in [1.82, 2.24) is 4.72 Å². The van der Waals surface area contributed by atoms with E-state index in [0.717, 1.165) is 16.3 Å². The van der Waals surface area contributed by atoms with Gasteiger partial charge in [0.05, 0.1) is 18.1 Å². The van der Waals surface area contributed by atoms with Crippen molar-refractivity contribution in [1.29, 1.82) is 0 Å². The summed E-state index contributed by atoms with van der Waals surface area (Å²) in [5.41, 5.74) is 1.41. The molecule has 3 aromatic rings. The van der Waals surface area contributed by atoms with Crippen LogP contribution in [-0.4, -0.2) is 27.2 Å². The molecule has 0 aliphatic carbocycles. The van der Waals surface area contributed by atoms with E-state index >= 15 is 0 Å². The van der Waals surface area contributed by atoms with Crippen LogP contribution >= 0.6 is 0 Å².